The second-order valence-electron chi connectivity index (χ2n) is 4.88. The minimum absolute atomic E-state index is 0.0474. The smallest absolute Gasteiger partial charge is 0.335 e. The van der Waals surface area contributed by atoms with Crippen molar-refractivity contribution in [1.29, 1.82) is 0 Å². The third-order valence-electron chi connectivity index (χ3n) is 3.17. The van der Waals surface area contributed by atoms with Crippen molar-refractivity contribution >= 4 is 74.0 Å². The molecule has 0 unspecified atom stereocenters. The molecular weight excluding hydrogens is 467 g/mol. The van der Waals surface area contributed by atoms with Crippen LogP contribution in [0.2, 0.25) is 10.0 Å². The molecule has 2 aromatic rings. The molecular formula is C16H11BrCl2N2O4S. The fourth-order valence-corrected chi connectivity index (χ4v) is 3.26. The third kappa shape index (κ3) is 4.85. The number of hydrogen-bond donors (Lipinski definition) is 3. The van der Waals surface area contributed by atoms with Gasteiger partial charge in [0.2, 0.25) is 0 Å². The first-order valence-electron chi connectivity index (χ1n) is 6.91. The summed E-state index contributed by atoms with van der Waals surface area (Å²) in [5.74, 6) is -1.04. The maximum atomic E-state index is 12.3. The quantitative estimate of drug-likeness (QED) is 0.558. The van der Waals surface area contributed by atoms with Crippen LogP contribution in [0.15, 0.2) is 34.8 Å². The summed E-state index contributed by atoms with van der Waals surface area (Å²) in [6, 6.07) is 7.24. The van der Waals surface area contributed by atoms with Crippen LogP contribution >= 0.6 is 51.3 Å². The van der Waals surface area contributed by atoms with Crippen LogP contribution < -0.4 is 15.4 Å². The van der Waals surface area contributed by atoms with Crippen molar-refractivity contribution in [3.63, 3.8) is 0 Å². The summed E-state index contributed by atoms with van der Waals surface area (Å²) >= 11 is 20.4. The van der Waals surface area contributed by atoms with E-state index in [2.05, 4.69) is 26.6 Å². The van der Waals surface area contributed by atoms with Gasteiger partial charge in [-0.05, 0) is 58.5 Å². The lowest BCUT2D eigenvalue weighted by Crippen LogP contribution is -2.34. The molecule has 0 aliphatic heterocycles. The lowest BCUT2D eigenvalue weighted by molar-refractivity contribution is 0.0696. The average molecular weight is 478 g/mol. The molecule has 0 saturated carbocycles. The summed E-state index contributed by atoms with van der Waals surface area (Å²) in [6.45, 7) is 0. The van der Waals surface area contributed by atoms with Crippen LogP contribution in [0.4, 0.5) is 5.69 Å². The van der Waals surface area contributed by atoms with Crippen molar-refractivity contribution in [1.82, 2.24) is 5.32 Å². The molecule has 2 rings (SSSR count). The first-order valence-corrected chi connectivity index (χ1v) is 8.87. The molecule has 1 amide bonds. The first kappa shape index (κ1) is 20.4. The second-order valence-corrected chi connectivity index (χ2v) is 6.95. The minimum Gasteiger partial charge on any atom is -0.496 e. The number of aromatic carboxylic acids is 1. The standard InChI is InChI=1S/C16H11BrCl2N2O4S/c1-25-12-3-2-7(4-9(12)17)14(22)21-16(26)20-13-10(18)5-8(15(23)24)6-11(13)19/h2-6H,1H3,(H,23,24)(H2,20,21,22,26). The summed E-state index contributed by atoms with van der Waals surface area (Å²) in [5.41, 5.74) is 0.475. The highest BCUT2D eigenvalue weighted by molar-refractivity contribution is 9.10. The van der Waals surface area contributed by atoms with E-state index in [1.54, 1.807) is 18.2 Å². The Labute approximate surface area is 172 Å². The number of ether oxygens (including phenoxy) is 1. The third-order valence-corrected chi connectivity index (χ3v) is 4.59. The lowest BCUT2D eigenvalue weighted by Gasteiger charge is -2.13. The number of thiocarbonyl (C=S) groups is 1. The van der Waals surface area contributed by atoms with Crippen LogP contribution in [-0.4, -0.2) is 29.2 Å². The Morgan fingerprint density at radius 1 is 1.15 bits per heavy atom. The van der Waals surface area contributed by atoms with Crippen molar-refractivity contribution < 1.29 is 19.4 Å². The molecule has 6 nitrogen and oxygen atoms in total. The van der Waals surface area contributed by atoms with E-state index >= 15 is 0 Å². The fraction of sp³-hybridized carbons (Fsp3) is 0.0625. The van der Waals surface area contributed by atoms with Gasteiger partial charge in [-0.1, -0.05) is 23.2 Å². The molecule has 3 N–H and O–H groups in total. The van der Waals surface area contributed by atoms with Gasteiger partial charge in [-0.2, -0.15) is 0 Å². The van der Waals surface area contributed by atoms with E-state index in [0.29, 0.717) is 15.8 Å². The Balaban J connectivity index is 2.12. The predicted molar refractivity (Wildman–Crippen MR) is 108 cm³/mol. The van der Waals surface area contributed by atoms with E-state index in [1.165, 1.54) is 19.2 Å². The van der Waals surface area contributed by atoms with Gasteiger partial charge in [-0.25, -0.2) is 4.79 Å². The normalized spacial score (nSPS) is 10.2. The van der Waals surface area contributed by atoms with Crippen LogP contribution in [0.25, 0.3) is 0 Å². The van der Waals surface area contributed by atoms with Crippen LogP contribution in [0.3, 0.4) is 0 Å². The Morgan fingerprint density at radius 3 is 2.27 bits per heavy atom. The minimum atomic E-state index is -1.17. The molecule has 2 aromatic carbocycles. The zero-order chi connectivity index (χ0) is 19.4. The van der Waals surface area contributed by atoms with Gasteiger partial charge in [-0.15, -0.1) is 0 Å². The van der Waals surface area contributed by atoms with Crippen LogP contribution in [0.5, 0.6) is 5.75 Å². The maximum absolute atomic E-state index is 12.3. The van der Waals surface area contributed by atoms with E-state index in [4.69, 9.17) is 45.3 Å². The largest absolute Gasteiger partial charge is 0.496 e. The number of carboxylic acids is 1. The summed E-state index contributed by atoms with van der Waals surface area (Å²) in [4.78, 5) is 23.2. The fourth-order valence-electron chi connectivity index (χ4n) is 1.94. The van der Waals surface area contributed by atoms with Gasteiger partial charge >= 0.3 is 5.97 Å². The number of hydrogen-bond acceptors (Lipinski definition) is 4. The number of carboxylic acid groups (broad SMARTS) is 1. The molecule has 0 fully saturated rings. The average Bonchev–Trinajstić information content (AvgIpc) is 2.57. The number of carbonyl (C=O) groups is 2. The molecule has 0 radical (unpaired) electrons. The number of methoxy groups -OCH3 is 1. The van der Waals surface area contributed by atoms with E-state index in [9.17, 15) is 9.59 Å². The summed E-state index contributed by atoms with van der Waals surface area (Å²) in [6.07, 6.45) is 0. The maximum Gasteiger partial charge on any atom is 0.335 e. The van der Waals surface area contributed by atoms with Gasteiger partial charge < -0.3 is 15.2 Å². The molecule has 0 saturated heterocycles. The van der Waals surface area contributed by atoms with Crippen LogP contribution in [-0.2, 0) is 0 Å². The van der Waals surface area contributed by atoms with Gasteiger partial charge in [0.15, 0.2) is 5.11 Å². The first-order chi connectivity index (χ1) is 12.2. The SMILES string of the molecule is COc1ccc(C(=O)NC(=S)Nc2c(Cl)cc(C(=O)O)cc2Cl)cc1Br. The van der Waals surface area contributed by atoms with Crippen LogP contribution in [0, 0.1) is 0 Å². The summed E-state index contributed by atoms with van der Waals surface area (Å²) in [7, 11) is 1.52. The molecule has 0 aromatic heterocycles. The number of carbonyl (C=O) groups excluding carboxylic acids is 1. The number of amides is 1. The number of benzene rings is 2. The van der Waals surface area contributed by atoms with Gasteiger partial charge in [0.05, 0.1) is 32.9 Å². The van der Waals surface area contributed by atoms with Gasteiger partial charge in [-0.3, -0.25) is 10.1 Å². The topological polar surface area (TPSA) is 87.7 Å². The zero-order valence-corrected chi connectivity index (χ0v) is 17.0. The van der Waals surface area contributed by atoms with E-state index < -0.39 is 11.9 Å². The number of nitrogens with one attached hydrogen (secondary N) is 2. The van der Waals surface area contributed by atoms with Crippen molar-refractivity contribution in [3.05, 3.63) is 56.0 Å². The molecule has 136 valence electrons. The van der Waals surface area contributed by atoms with Crippen molar-refractivity contribution in [2.45, 2.75) is 0 Å². The van der Waals surface area contributed by atoms with Gasteiger partial charge in [0.25, 0.3) is 5.91 Å². The van der Waals surface area contributed by atoms with Gasteiger partial charge in [0, 0.05) is 5.56 Å². The highest BCUT2D eigenvalue weighted by Gasteiger charge is 2.15. The number of rotatable bonds is 4. The van der Waals surface area contributed by atoms with Crippen molar-refractivity contribution in [2.24, 2.45) is 0 Å². The second kappa shape index (κ2) is 8.68. The molecule has 0 bridgehead atoms. The van der Waals surface area contributed by atoms with Crippen LogP contribution in [0.1, 0.15) is 20.7 Å². The molecule has 0 atom stereocenters. The van der Waals surface area contributed by atoms with E-state index in [-0.39, 0.29) is 26.4 Å². The molecule has 0 aliphatic rings. The Kier molecular flexibility index (Phi) is 6.82. The van der Waals surface area contributed by atoms with E-state index in [1.807, 2.05) is 0 Å². The summed E-state index contributed by atoms with van der Waals surface area (Å²) < 4.78 is 5.72. The predicted octanol–water partition coefficient (Wildman–Crippen LogP) is 4.59. The number of anilines is 1. The Morgan fingerprint density at radius 2 is 1.77 bits per heavy atom. The van der Waals surface area contributed by atoms with E-state index in [0.717, 1.165) is 0 Å². The van der Waals surface area contributed by atoms with Crippen molar-refractivity contribution in [2.75, 3.05) is 12.4 Å². The molecule has 10 heteroatoms. The molecule has 0 spiro atoms. The lowest BCUT2D eigenvalue weighted by atomic mass is 10.2. The summed E-state index contributed by atoms with van der Waals surface area (Å²) in [5, 5.41) is 14.2. The molecule has 0 aliphatic carbocycles. The van der Waals surface area contributed by atoms with Gasteiger partial charge in [0.1, 0.15) is 5.75 Å². The highest BCUT2D eigenvalue weighted by Crippen LogP contribution is 2.32. The molecule has 26 heavy (non-hydrogen) atoms. The highest BCUT2D eigenvalue weighted by atomic mass is 79.9. The monoisotopic (exact) mass is 476 g/mol. The Hall–Kier alpha value is -1.87. The zero-order valence-electron chi connectivity index (χ0n) is 13.1. The molecule has 0 heterocycles. The van der Waals surface area contributed by atoms with Crippen molar-refractivity contribution in [3.8, 4) is 5.75 Å². The number of halogens is 3. The Bertz CT molecular complexity index is 885.